The van der Waals surface area contributed by atoms with Crippen molar-refractivity contribution in [2.24, 2.45) is 5.73 Å². The maximum absolute atomic E-state index is 5.72. The van der Waals surface area contributed by atoms with Crippen LogP contribution in [-0.4, -0.2) is 14.5 Å². The summed E-state index contributed by atoms with van der Waals surface area (Å²) < 4.78 is 2.29. The Labute approximate surface area is 128 Å². The Morgan fingerprint density at radius 3 is 2.62 bits per heavy atom. The van der Waals surface area contributed by atoms with Crippen molar-refractivity contribution in [3.05, 3.63) is 34.5 Å². The first kappa shape index (κ1) is 14.2. The highest BCUT2D eigenvalue weighted by Gasteiger charge is 2.19. The molecule has 0 atom stereocenters. The van der Waals surface area contributed by atoms with Crippen molar-refractivity contribution >= 4 is 22.4 Å². The van der Waals surface area contributed by atoms with Crippen molar-refractivity contribution in [3.63, 3.8) is 0 Å². The van der Waals surface area contributed by atoms with Gasteiger partial charge in [0.15, 0.2) is 5.82 Å². The van der Waals surface area contributed by atoms with Gasteiger partial charge in [-0.3, -0.25) is 0 Å². The zero-order valence-corrected chi connectivity index (χ0v) is 13.7. The smallest absolute Gasteiger partial charge is 0.153 e. The molecule has 0 fully saturated rings. The van der Waals surface area contributed by atoms with Crippen LogP contribution in [0.1, 0.15) is 36.2 Å². The predicted molar refractivity (Wildman–Crippen MR) is 88.6 cm³/mol. The number of rotatable bonds is 3. The highest BCUT2D eigenvalue weighted by atomic mass is 32.1. The summed E-state index contributed by atoms with van der Waals surface area (Å²) in [5, 5.41) is 0.959. The standard InChI is InChI=1S/C16H20N4S/c1-9(2)20-13-6-5-10(3)7-12(13)19-16(20)15-11(4)18-14(8-17)21-15/h5-7,9H,8,17H2,1-4H3. The second kappa shape index (κ2) is 5.24. The molecule has 0 saturated heterocycles. The van der Waals surface area contributed by atoms with Crippen LogP contribution in [0.2, 0.25) is 0 Å². The molecular weight excluding hydrogens is 280 g/mol. The van der Waals surface area contributed by atoms with Crippen molar-refractivity contribution in [1.29, 1.82) is 0 Å². The molecule has 0 amide bonds. The van der Waals surface area contributed by atoms with Gasteiger partial charge in [0, 0.05) is 12.6 Å². The molecule has 0 aliphatic rings. The molecule has 4 nitrogen and oxygen atoms in total. The number of imidazole rings is 1. The second-order valence-corrected chi connectivity index (χ2v) is 6.70. The van der Waals surface area contributed by atoms with E-state index < -0.39 is 0 Å². The lowest BCUT2D eigenvalue weighted by Crippen LogP contribution is -2.02. The van der Waals surface area contributed by atoms with E-state index >= 15 is 0 Å². The lowest BCUT2D eigenvalue weighted by atomic mass is 10.2. The molecule has 0 radical (unpaired) electrons. The number of fused-ring (bicyclic) bond motifs is 1. The van der Waals surface area contributed by atoms with E-state index in [0.29, 0.717) is 12.6 Å². The molecule has 3 aromatic rings. The highest BCUT2D eigenvalue weighted by Crippen LogP contribution is 2.34. The van der Waals surface area contributed by atoms with Gasteiger partial charge in [-0.2, -0.15) is 0 Å². The number of thiazole rings is 1. The van der Waals surface area contributed by atoms with Crippen molar-refractivity contribution in [2.75, 3.05) is 0 Å². The Bertz CT molecular complexity index is 798. The van der Waals surface area contributed by atoms with Crippen LogP contribution in [-0.2, 0) is 6.54 Å². The summed E-state index contributed by atoms with van der Waals surface area (Å²) in [6, 6.07) is 6.77. The third-order valence-corrected chi connectivity index (χ3v) is 4.76. The zero-order chi connectivity index (χ0) is 15.1. The monoisotopic (exact) mass is 300 g/mol. The molecule has 2 aromatic heterocycles. The van der Waals surface area contributed by atoms with Crippen LogP contribution in [0, 0.1) is 13.8 Å². The minimum absolute atomic E-state index is 0.343. The van der Waals surface area contributed by atoms with Gasteiger partial charge in [0.1, 0.15) is 5.01 Å². The first-order chi connectivity index (χ1) is 10.0. The Morgan fingerprint density at radius 1 is 1.24 bits per heavy atom. The SMILES string of the molecule is Cc1ccc2c(c1)nc(-c1sc(CN)nc1C)n2C(C)C. The van der Waals surface area contributed by atoms with Gasteiger partial charge < -0.3 is 10.3 Å². The van der Waals surface area contributed by atoms with Gasteiger partial charge in [-0.25, -0.2) is 9.97 Å². The van der Waals surface area contributed by atoms with Crippen LogP contribution >= 0.6 is 11.3 Å². The number of nitrogens with two attached hydrogens (primary N) is 1. The van der Waals surface area contributed by atoms with Gasteiger partial charge in [0.05, 0.1) is 21.6 Å². The fourth-order valence-corrected chi connectivity index (χ4v) is 3.57. The topological polar surface area (TPSA) is 56.7 Å². The summed E-state index contributed by atoms with van der Waals surface area (Å²) >= 11 is 1.64. The second-order valence-electron chi connectivity index (χ2n) is 5.62. The number of aromatic nitrogens is 3. The van der Waals surface area contributed by atoms with Crippen molar-refractivity contribution in [2.45, 2.75) is 40.3 Å². The molecule has 2 N–H and O–H groups in total. The third-order valence-electron chi connectivity index (χ3n) is 3.58. The van der Waals surface area contributed by atoms with E-state index in [2.05, 4.69) is 48.5 Å². The zero-order valence-electron chi connectivity index (χ0n) is 12.8. The molecule has 0 bridgehead atoms. The third kappa shape index (κ3) is 2.36. The molecule has 0 aliphatic heterocycles. The van der Waals surface area contributed by atoms with E-state index in [1.165, 1.54) is 11.1 Å². The molecule has 0 saturated carbocycles. The minimum atomic E-state index is 0.343. The number of nitrogens with zero attached hydrogens (tertiary/aromatic N) is 3. The van der Waals surface area contributed by atoms with Crippen molar-refractivity contribution in [1.82, 2.24) is 14.5 Å². The molecule has 5 heteroatoms. The number of benzene rings is 1. The molecule has 0 unspecified atom stereocenters. The number of hydrogen-bond donors (Lipinski definition) is 1. The predicted octanol–water partition coefficient (Wildman–Crippen LogP) is 3.82. The Balaban J connectivity index is 2.30. The summed E-state index contributed by atoms with van der Waals surface area (Å²) in [7, 11) is 0. The van der Waals surface area contributed by atoms with Gasteiger partial charge in [0.25, 0.3) is 0 Å². The van der Waals surface area contributed by atoms with E-state index in [9.17, 15) is 0 Å². The molecule has 0 spiro atoms. The molecule has 21 heavy (non-hydrogen) atoms. The van der Waals surface area contributed by atoms with Crippen molar-refractivity contribution < 1.29 is 0 Å². The van der Waals surface area contributed by atoms with E-state index in [1.54, 1.807) is 11.3 Å². The molecule has 2 heterocycles. The van der Waals surface area contributed by atoms with E-state index in [0.717, 1.165) is 26.9 Å². The van der Waals surface area contributed by atoms with Crippen LogP contribution in [0.15, 0.2) is 18.2 Å². The first-order valence-corrected chi connectivity index (χ1v) is 7.98. The van der Waals surface area contributed by atoms with Crippen LogP contribution in [0.4, 0.5) is 0 Å². The van der Waals surface area contributed by atoms with Crippen LogP contribution in [0.5, 0.6) is 0 Å². The Hall–Kier alpha value is -1.72. The van der Waals surface area contributed by atoms with Crippen LogP contribution < -0.4 is 5.73 Å². The molecular formula is C16H20N4S. The summed E-state index contributed by atoms with van der Waals surface area (Å²) in [5.41, 5.74) is 10.2. The van der Waals surface area contributed by atoms with Gasteiger partial charge in [-0.1, -0.05) is 6.07 Å². The van der Waals surface area contributed by atoms with Gasteiger partial charge in [0.2, 0.25) is 0 Å². The number of hydrogen-bond acceptors (Lipinski definition) is 4. The average molecular weight is 300 g/mol. The molecule has 110 valence electrons. The molecule has 3 rings (SSSR count). The summed E-state index contributed by atoms with van der Waals surface area (Å²) in [6.45, 7) is 8.97. The maximum atomic E-state index is 5.72. The lowest BCUT2D eigenvalue weighted by molar-refractivity contribution is 0.625. The number of aryl methyl sites for hydroxylation is 2. The molecule has 0 aliphatic carbocycles. The van der Waals surface area contributed by atoms with Crippen LogP contribution in [0.3, 0.4) is 0 Å². The molecule has 1 aromatic carbocycles. The van der Waals surface area contributed by atoms with E-state index in [4.69, 9.17) is 10.7 Å². The van der Waals surface area contributed by atoms with Crippen LogP contribution in [0.25, 0.3) is 21.7 Å². The normalized spacial score (nSPS) is 11.7. The summed E-state index contributed by atoms with van der Waals surface area (Å²) in [6.07, 6.45) is 0. The average Bonchev–Trinajstić information content (AvgIpc) is 2.98. The van der Waals surface area contributed by atoms with E-state index in [1.807, 2.05) is 6.92 Å². The van der Waals surface area contributed by atoms with Gasteiger partial charge >= 0.3 is 0 Å². The summed E-state index contributed by atoms with van der Waals surface area (Å²) in [5.74, 6) is 1.00. The summed E-state index contributed by atoms with van der Waals surface area (Å²) in [4.78, 5) is 10.5. The van der Waals surface area contributed by atoms with E-state index in [-0.39, 0.29) is 0 Å². The largest absolute Gasteiger partial charge is 0.325 e. The fourth-order valence-electron chi connectivity index (χ4n) is 2.64. The Kier molecular flexibility index (Phi) is 3.55. The minimum Gasteiger partial charge on any atom is -0.325 e. The highest BCUT2D eigenvalue weighted by molar-refractivity contribution is 7.15. The maximum Gasteiger partial charge on any atom is 0.153 e. The lowest BCUT2D eigenvalue weighted by Gasteiger charge is -2.12. The van der Waals surface area contributed by atoms with Gasteiger partial charge in [-0.15, -0.1) is 11.3 Å². The van der Waals surface area contributed by atoms with Gasteiger partial charge in [-0.05, 0) is 45.4 Å². The Morgan fingerprint density at radius 2 is 2.00 bits per heavy atom. The quantitative estimate of drug-likeness (QED) is 0.800. The fraction of sp³-hybridized carbons (Fsp3) is 0.375. The first-order valence-electron chi connectivity index (χ1n) is 7.16. The van der Waals surface area contributed by atoms with Crippen molar-refractivity contribution in [3.8, 4) is 10.7 Å².